The van der Waals surface area contributed by atoms with Gasteiger partial charge in [0.1, 0.15) is 17.7 Å². The number of esters is 1. The van der Waals surface area contributed by atoms with Crippen LogP contribution in [0, 0.1) is 11.8 Å². The highest BCUT2D eigenvalue weighted by Crippen LogP contribution is 2.61. The van der Waals surface area contributed by atoms with Gasteiger partial charge in [-0.2, -0.15) is 0 Å². The number of morpholine rings is 1. The molecule has 1 spiro atoms. The number of rotatable bonds is 18. The van der Waals surface area contributed by atoms with Gasteiger partial charge in [0, 0.05) is 51.1 Å². The molecule has 0 radical (unpaired) electrons. The lowest BCUT2D eigenvalue weighted by Gasteiger charge is -2.39. The van der Waals surface area contributed by atoms with E-state index in [2.05, 4.69) is 39.3 Å². The number of halogens is 1. The van der Waals surface area contributed by atoms with E-state index in [1.165, 1.54) is 12.0 Å². The van der Waals surface area contributed by atoms with Gasteiger partial charge >= 0.3 is 5.97 Å². The Morgan fingerprint density at radius 1 is 1.20 bits per heavy atom. The molecule has 14 heteroatoms. The number of nitrogens with zero attached hydrogens (tertiary/aromatic N) is 3. The number of hydrogen-bond acceptors (Lipinski definition) is 10. The van der Waals surface area contributed by atoms with Gasteiger partial charge in [-0.25, -0.2) is 0 Å². The Labute approximate surface area is 308 Å². The van der Waals surface area contributed by atoms with Gasteiger partial charge in [0.05, 0.1) is 56.5 Å². The van der Waals surface area contributed by atoms with Crippen LogP contribution in [0.5, 0.6) is 0 Å². The van der Waals surface area contributed by atoms with Crippen LogP contribution in [-0.2, 0) is 38.1 Å². The number of likely N-dealkylation sites (tertiary alicyclic amines) is 1. The third-order valence-electron chi connectivity index (χ3n) is 10.4. The van der Waals surface area contributed by atoms with Crippen molar-refractivity contribution in [3.63, 3.8) is 0 Å². The van der Waals surface area contributed by atoms with Crippen molar-refractivity contribution in [2.24, 2.45) is 11.8 Å². The summed E-state index contributed by atoms with van der Waals surface area (Å²) in [5.41, 5.74) is -0.709. The van der Waals surface area contributed by atoms with Crippen LogP contribution in [-0.4, -0.2) is 144 Å². The molecule has 0 aliphatic carbocycles. The van der Waals surface area contributed by atoms with Gasteiger partial charge in [0.2, 0.25) is 17.7 Å². The van der Waals surface area contributed by atoms with Crippen molar-refractivity contribution < 1.29 is 43.2 Å². The summed E-state index contributed by atoms with van der Waals surface area (Å²) in [6.07, 6.45) is 2.57. The predicted molar refractivity (Wildman–Crippen MR) is 192 cm³/mol. The van der Waals surface area contributed by atoms with Crippen molar-refractivity contribution in [2.75, 3.05) is 66.3 Å². The summed E-state index contributed by atoms with van der Waals surface area (Å²) in [7, 11) is 1.50. The molecule has 2 bridgehead atoms. The van der Waals surface area contributed by atoms with E-state index < -0.39 is 59.6 Å². The molecule has 0 saturated carbocycles. The van der Waals surface area contributed by atoms with E-state index in [4.69, 9.17) is 18.9 Å². The lowest BCUT2D eigenvalue weighted by Crippen LogP contribution is -2.59. The van der Waals surface area contributed by atoms with Crippen molar-refractivity contribution in [3.05, 3.63) is 61.2 Å². The van der Waals surface area contributed by atoms with Crippen LogP contribution in [0.2, 0.25) is 0 Å². The second-order valence-corrected chi connectivity index (χ2v) is 14.9. The number of methoxy groups -OCH3 is 1. The third kappa shape index (κ3) is 8.11. The number of aliphatic hydroxyl groups excluding tert-OH is 1. The van der Waals surface area contributed by atoms with Gasteiger partial charge in [-0.05, 0) is 25.3 Å². The Hall–Kier alpha value is -3.14. The minimum Gasteiger partial charge on any atom is -0.455 e. The van der Waals surface area contributed by atoms with Crippen LogP contribution in [0.3, 0.4) is 0 Å². The first kappa shape index (κ1) is 39.1. The Balaban J connectivity index is 1.46. The number of ether oxygens (including phenoxy) is 4. The standard InChI is InChI=1S/C37H51BrN4O9/c1-5-7-13-28(44)39-27(23-48-4)31(25-11-9-8-10-12-25)50-36(47)29-30-34(45)42(24(3)22-43)33(37(30)21-26(38)32(29)51-37)35(46)41(14-6-2)16-15-40-17-19-49-20-18-40/h5-6,8-12,24,26-27,29-33,43H,1-2,7,13-23H2,3-4H3,(H,39,44)/t24-,26?,27+,29-,30+,31+,32-,33-,37+/m1/s1. The molecule has 4 heterocycles. The van der Waals surface area contributed by atoms with Crippen LogP contribution >= 0.6 is 15.9 Å². The monoisotopic (exact) mass is 774 g/mol. The first-order chi connectivity index (χ1) is 24.6. The first-order valence-corrected chi connectivity index (χ1v) is 18.6. The summed E-state index contributed by atoms with van der Waals surface area (Å²) in [5.74, 6) is -3.79. The Kier molecular flexibility index (Phi) is 13.5. The topological polar surface area (TPSA) is 147 Å². The van der Waals surface area contributed by atoms with Gasteiger partial charge in [-0.1, -0.05) is 58.4 Å². The number of allylic oxidation sites excluding steroid dienone is 1. The highest BCUT2D eigenvalue weighted by atomic mass is 79.9. The van der Waals surface area contributed by atoms with E-state index in [1.54, 1.807) is 36.1 Å². The maximum absolute atomic E-state index is 14.7. The largest absolute Gasteiger partial charge is 0.455 e. The van der Waals surface area contributed by atoms with Gasteiger partial charge < -0.3 is 39.2 Å². The van der Waals surface area contributed by atoms with E-state index in [0.717, 1.165) is 13.1 Å². The van der Waals surface area contributed by atoms with E-state index in [-0.39, 0.29) is 42.8 Å². The molecule has 1 aromatic rings. The molecule has 5 rings (SSSR count). The fourth-order valence-electron chi connectivity index (χ4n) is 8.01. The van der Waals surface area contributed by atoms with Crippen molar-refractivity contribution >= 4 is 39.6 Å². The molecule has 4 saturated heterocycles. The van der Waals surface area contributed by atoms with Gasteiger partial charge in [-0.3, -0.25) is 24.1 Å². The quantitative estimate of drug-likeness (QED) is 0.129. The van der Waals surface area contributed by atoms with Gasteiger partial charge in [0.15, 0.2) is 0 Å². The molecular weight excluding hydrogens is 724 g/mol. The molecule has 4 aliphatic rings. The maximum atomic E-state index is 14.7. The second kappa shape index (κ2) is 17.6. The fourth-order valence-corrected chi connectivity index (χ4v) is 8.95. The van der Waals surface area contributed by atoms with Crippen molar-refractivity contribution in [3.8, 4) is 0 Å². The van der Waals surface area contributed by atoms with E-state index in [9.17, 15) is 24.3 Å². The molecule has 4 fully saturated rings. The SMILES string of the molecule is C=CCCC(=O)N[C@@H](COC)[C@@H](OC(=O)[C@H]1[C@@H]2O[C@@]3(CC2Br)[C@@H]1C(=O)N([C@H](C)CO)[C@@H]3C(=O)N(CC=C)CCN1CCOCC1)c1ccccc1. The number of fused-ring (bicyclic) bond motifs is 1. The molecule has 13 nitrogen and oxygen atoms in total. The molecule has 2 N–H and O–H groups in total. The molecule has 4 aliphatic heterocycles. The minimum absolute atomic E-state index is 0.0482. The van der Waals surface area contributed by atoms with Crippen LogP contribution in [0.4, 0.5) is 0 Å². The number of alkyl halides is 1. The Morgan fingerprint density at radius 3 is 2.57 bits per heavy atom. The molecule has 51 heavy (non-hydrogen) atoms. The average Bonchev–Trinajstić information content (AvgIpc) is 3.74. The summed E-state index contributed by atoms with van der Waals surface area (Å²) in [6.45, 7) is 12.9. The van der Waals surface area contributed by atoms with Crippen LogP contribution < -0.4 is 5.32 Å². The van der Waals surface area contributed by atoms with Crippen molar-refractivity contribution in [1.29, 1.82) is 0 Å². The zero-order valence-electron chi connectivity index (χ0n) is 29.5. The first-order valence-electron chi connectivity index (χ1n) is 17.7. The van der Waals surface area contributed by atoms with Crippen LogP contribution in [0.1, 0.15) is 37.9 Å². The fraction of sp³-hybridized carbons (Fsp3) is 0.622. The second-order valence-electron chi connectivity index (χ2n) is 13.7. The summed E-state index contributed by atoms with van der Waals surface area (Å²) in [5, 5.41) is 13.3. The Morgan fingerprint density at radius 2 is 1.92 bits per heavy atom. The summed E-state index contributed by atoms with van der Waals surface area (Å²) >= 11 is 3.72. The zero-order chi connectivity index (χ0) is 36.7. The molecule has 0 aromatic heterocycles. The van der Waals surface area contributed by atoms with Crippen molar-refractivity contribution in [1.82, 2.24) is 20.0 Å². The zero-order valence-corrected chi connectivity index (χ0v) is 31.1. The smallest absolute Gasteiger partial charge is 0.313 e. The number of benzene rings is 1. The highest BCUT2D eigenvalue weighted by Gasteiger charge is 2.77. The van der Waals surface area contributed by atoms with Crippen LogP contribution in [0.15, 0.2) is 55.6 Å². The Bertz CT molecular complexity index is 1410. The number of carbonyl (C=O) groups excluding carboxylic acids is 4. The molecular formula is C37H51BrN4O9. The molecule has 9 atom stereocenters. The lowest BCUT2D eigenvalue weighted by atomic mass is 9.70. The number of carbonyl (C=O) groups is 4. The summed E-state index contributed by atoms with van der Waals surface area (Å²) in [6, 6.07) is 6.50. The maximum Gasteiger partial charge on any atom is 0.313 e. The number of hydrogen-bond donors (Lipinski definition) is 2. The molecule has 1 unspecified atom stereocenters. The normalized spacial score (nSPS) is 28.8. The lowest BCUT2D eigenvalue weighted by molar-refractivity contribution is -0.163. The summed E-state index contributed by atoms with van der Waals surface area (Å²) < 4.78 is 23.9. The average molecular weight is 776 g/mol. The van der Waals surface area contributed by atoms with E-state index >= 15 is 0 Å². The summed E-state index contributed by atoms with van der Waals surface area (Å²) in [4.78, 5) is 61.6. The number of amides is 3. The molecule has 280 valence electrons. The minimum atomic E-state index is -1.34. The van der Waals surface area contributed by atoms with Gasteiger partial charge in [-0.15, -0.1) is 13.2 Å². The van der Waals surface area contributed by atoms with E-state index in [1.807, 2.05) is 18.2 Å². The number of nitrogens with one attached hydrogen (secondary N) is 1. The predicted octanol–water partition coefficient (Wildman–Crippen LogP) is 1.84. The highest BCUT2D eigenvalue weighted by molar-refractivity contribution is 9.09. The van der Waals surface area contributed by atoms with Crippen molar-refractivity contribution in [2.45, 2.75) is 66.9 Å². The van der Waals surface area contributed by atoms with Gasteiger partial charge in [0.25, 0.3) is 0 Å². The van der Waals surface area contributed by atoms with Crippen LogP contribution in [0.25, 0.3) is 0 Å². The third-order valence-corrected chi connectivity index (χ3v) is 11.3. The van der Waals surface area contributed by atoms with E-state index in [0.29, 0.717) is 44.7 Å². The molecule has 1 aromatic carbocycles. The number of aliphatic hydroxyl groups is 1. The molecule has 3 amide bonds.